The first-order chi connectivity index (χ1) is 18.0. The van der Waals surface area contributed by atoms with Crippen molar-refractivity contribution in [3.05, 3.63) is 36.3 Å². The van der Waals surface area contributed by atoms with E-state index in [0.717, 1.165) is 55.6 Å². The molecule has 2 aliphatic heterocycles. The zero-order valence-corrected chi connectivity index (χ0v) is 22.2. The fraction of sp³-hybridized carbons (Fsp3) is 0.571. The highest BCUT2D eigenvalue weighted by atomic mass is 16.2. The van der Waals surface area contributed by atoms with Crippen LogP contribution < -0.4 is 15.5 Å². The van der Waals surface area contributed by atoms with E-state index in [9.17, 15) is 4.79 Å². The lowest BCUT2D eigenvalue weighted by Gasteiger charge is -2.44. The van der Waals surface area contributed by atoms with E-state index in [1.54, 1.807) is 0 Å². The fourth-order valence-electron chi connectivity index (χ4n) is 6.63. The lowest BCUT2D eigenvalue weighted by atomic mass is 9.80. The molecule has 0 aromatic carbocycles. The van der Waals surface area contributed by atoms with Crippen LogP contribution in [0.5, 0.6) is 0 Å². The second kappa shape index (κ2) is 9.59. The zero-order chi connectivity index (χ0) is 25.6. The Morgan fingerprint density at radius 1 is 1.14 bits per heavy atom. The number of nitrogens with one attached hydrogen (secondary N) is 2. The van der Waals surface area contributed by atoms with Crippen molar-refractivity contribution in [2.45, 2.75) is 76.9 Å². The van der Waals surface area contributed by atoms with Crippen molar-refractivity contribution in [3.63, 3.8) is 0 Å². The van der Waals surface area contributed by atoms with E-state index >= 15 is 0 Å². The number of piperazine rings is 1. The van der Waals surface area contributed by atoms with Crippen LogP contribution in [0.4, 0.5) is 17.5 Å². The number of fused-ring (bicyclic) bond motifs is 4. The van der Waals surface area contributed by atoms with Crippen LogP contribution in [-0.4, -0.2) is 68.6 Å². The van der Waals surface area contributed by atoms with Crippen LogP contribution in [0.15, 0.2) is 30.6 Å². The molecule has 37 heavy (non-hydrogen) atoms. The van der Waals surface area contributed by atoms with Gasteiger partial charge in [-0.1, -0.05) is 26.2 Å². The van der Waals surface area contributed by atoms with Gasteiger partial charge in [-0.05, 0) is 51.3 Å². The molecule has 9 heteroatoms. The van der Waals surface area contributed by atoms with Gasteiger partial charge < -0.3 is 20.1 Å². The van der Waals surface area contributed by atoms with Gasteiger partial charge in [-0.2, -0.15) is 4.98 Å². The first kappa shape index (κ1) is 24.2. The van der Waals surface area contributed by atoms with Gasteiger partial charge in [0.2, 0.25) is 5.95 Å². The maximum atomic E-state index is 12.7. The number of amides is 1. The predicted octanol–water partition coefficient (Wildman–Crippen LogP) is 4.28. The summed E-state index contributed by atoms with van der Waals surface area (Å²) in [5.74, 6) is 1.19. The number of carbonyl (C=O) groups is 1. The van der Waals surface area contributed by atoms with E-state index in [1.807, 2.05) is 24.5 Å². The molecule has 1 saturated heterocycles. The van der Waals surface area contributed by atoms with Crippen molar-refractivity contribution in [1.82, 2.24) is 29.7 Å². The summed E-state index contributed by atoms with van der Waals surface area (Å²) in [5.41, 5.74) is 2.58. The van der Waals surface area contributed by atoms with Crippen molar-refractivity contribution >= 4 is 34.4 Å². The predicted molar refractivity (Wildman–Crippen MR) is 147 cm³/mol. The number of pyridine rings is 1. The number of rotatable bonds is 5. The van der Waals surface area contributed by atoms with Crippen molar-refractivity contribution in [2.24, 2.45) is 0 Å². The fourth-order valence-corrected chi connectivity index (χ4v) is 6.63. The van der Waals surface area contributed by atoms with E-state index in [0.29, 0.717) is 36.1 Å². The summed E-state index contributed by atoms with van der Waals surface area (Å²) >= 11 is 0. The lowest BCUT2D eigenvalue weighted by molar-refractivity contribution is 0.0833. The molecular formula is C28H38N8O. The number of carbonyl (C=O) groups excluding carboxylic acids is 1. The molecule has 3 aromatic rings. The molecule has 5 heterocycles. The van der Waals surface area contributed by atoms with Crippen LogP contribution in [-0.2, 0) is 5.54 Å². The third kappa shape index (κ3) is 4.33. The van der Waals surface area contributed by atoms with Gasteiger partial charge in [-0.25, -0.2) is 9.97 Å². The van der Waals surface area contributed by atoms with Crippen molar-refractivity contribution < 1.29 is 4.79 Å². The van der Waals surface area contributed by atoms with Crippen molar-refractivity contribution in [1.29, 1.82) is 0 Å². The molecular weight excluding hydrogens is 464 g/mol. The van der Waals surface area contributed by atoms with Crippen molar-refractivity contribution in [3.8, 4) is 0 Å². The highest BCUT2D eigenvalue weighted by molar-refractivity contribution is 5.99. The van der Waals surface area contributed by atoms with Crippen LogP contribution in [0.3, 0.4) is 0 Å². The smallest absolute Gasteiger partial charge is 0.268 e. The van der Waals surface area contributed by atoms with Gasteiger partial charge in [0.15, 0.2) is 0 Å². The molecule has 3 aliphatic rings. The Morgan fingerprint density at radius 2 is 1.97 bits per heavy atom. The molecule has 1 unspecified atom stereocenters. The third-order valence-corrected chi connectivity index (χ3v) is 8.63. The first-order valence-electron chi connectivity index (χ1n) is 13.9. The maximum absolute atomic E-state index is 12.7. The standard InChI is InChI=1S/C28H38N8O/c1-4-21-17-34(12-13-35(21)19(2)3)22-8-9-24(29-16-22)32-27-30-15-20-14-23-26(37)31-18-28(10-6-5-7-11-28)36(23)25(20)33-27/h8-9,14-16,19,21H,4-7,10-13,17-18H2,1-3H3,(H,31,37)(H,29,30,32,33). The normalized spacial score (nSPS) is 21.9. The van der Waals surface area contributed by atoms with Crippen molar-refractivity contribution in [2.75, 3.05) is 36.4 Å². The van der Waals surface area contributed by atoms with Gasteiger partial charge in [0.05, 0.1) is 17.4 Å². The molecule has 196 valence electrons. The van der Waals surface area contributed by atoms with Gasteiger partial charge in [0, 0.05) is 49.8 Å². The van der Waals surface area contributed by atoms with Crippen LogP contribution in [0.1, 0.15) is 69.8 Å². The number of aromatic nitrogens is 4. The maximum Gasteiger partial charge on any atom is 0.268 e. The number of hydrogen-bond acceptors (Lipinski definition) is 7. The molecule has 1 spiro atoms. The molecule has 2 N–H and O–H groups in total. The molecule has 3 aromatic heterocycles. The summed E-state index contributed by atoms with van der Waals surface area (Å²) in [5, 5.41) is 7.31. The topological polar surface area (TPSA) is 91.2 Å². The lowest BCUT2D eigenvalue weighted by Crippen LogP contribution is -2.55. The summed E-state index contributed by atoms with van der Waals surface area (Å²) in [6, 6.07) is 7.20. The average molecular weight is 503 g/mol. The van der Waals surface area contributed by atoms with Gasteiger partial charge in [0.25, 0.3) is 5.91 Å². The molecule has 0 radical (unpaired) electrons. The first-order valence-corrected chi connectivity index (χ1v) is 13.9. The summed E-state index contributed by atoms with van der Waals surface area (Å²) < 4.78 is 2.20. The number of hydrogen-bond donors (Lipinski definition) is 2. The van der Waals surface area contributed by atoms with Crippen LogP contribution in [0, 0.1) is 0 Å². The summed E-state index contributed by atoms with van der Waals surface area (Å²) in [6.45, 7) is 10.6. The molecule has 1 atom stereocenters. The Morgan fingerprint density at radius 3 is 2.70 bits per heavy atom. The minimum Gasteiger partial charge on any atom is -0.367 e. The SMILES string of the molecule is CCC1CN(c2ccc(Nc3ncc4cc5n(c4n3)C3(CCCCC3)CNC5=O)nc2)CCN1C(C)C. The van der Waals surface area contributed by atoms with Crippen LogP contribution in [0.25, 0.3) is 11.0 Å². The second-order valence-electron chi connectivity index (χ2n) is 11.2. The Balaban J connectivity index is 1.23. The van der Waals surface area contributed by atoms with Gasteiger partial charge in [-0.15, -0.1) is 0 Å². The Kier molecular flexibility index (Phi) is 6.26. The molecule has 0 bridgehead atoms. The zero-order valence-electron chi connectivity index (χ0n) is 22.2. The third-order valence-electron chi connectivity index (χ3n) is 8.63. The molecule has 2 fully saturated rings. The molecule has 1 aliphatic carbocycles. The minimum absolute atomic E-state index is 0.0273. The van der Waals surface area contributed by atoms with E-state index < -0.39 is 0 Å². The highest BCUT2D eigenvalue weighted by Gasteiger charge is 2.41. The average Bonchev–Trinajstić information content (AvgIpc) is 3.32. The Labute approximate surface area is 218 Å². The summed E-state index contributed by atoms with van der Waals surface area (Å²) in [7, 11) is 0. The van der Waals surface area contributed by atoms with Crippen LogP contribution in [0.2, 0.25) is 0 Å². The summed E-state index contributed by atoms with van der Waals surface area (Å²) in [6.07, 6.45) is 10.6. The van der Waals surface area contributed by atoms with E-state index in [2.05, 4.69) is 61.8 Å². The molecule has 1 saturated carbocycles. The number of nitrogens with zero attached hydrogens (tertiary/aromatic N) is 6. The van der Waals surface area contributed by atoms with E-state index in [4.69, 9.17) is 4.98 Å². The largest absolute Gasteiger partial charge is 0.367 e. The molecule has 6 rings (SSSR count). The van der Waals surface area contributed by atoms with Gasteiger partial charge in [-0.3, -0.25) is 9.69 Å². The Hall–Kier alpha value is -3.20. The monoisotopic (exact) mass is 502 g/mol. The Bertz CT molecular complexity index is 1280. The number of anilines is 3. The second-order valence-corrected chi connectivity index (χ2v) is 11.2. The quantitative estimate of drug-likeness (QED) is 0.538. The highest BCUT2D eigenvalue weighted by Crippen LogP contribution is 2.40. The van der Waals surface area contributed by atoms with Gasteiger partial charge >= 0.3 is 0 Å². The van der Waals surface area contributed by atoms with Gasteiger partial charge in [0.1, 0.15) is 17.2 Å². The summed E-state index contributed by atoms with van der Waals surface area (Å²) in [4.78, 5) is 31.9. The molecule has 1 amide bonds. The minimum atomic E-state index is -0.0926. The van der Waals surface area contributed by atoms with Crippen LogP contribution >= 0.6 is 0 Å². The van der Waals surface area contributed by atoms with E-state index in [1.165, 1.54) is 19.3 Å². The molecule has 9 nitrogen and oxygen atoms in total. The van der Waals surface area contributed by atoms with E-state index in [-0.39, 0.29) is 11.4 Å².